The molecule has 0 radical (unpaired) electrons. The molecule has 0 aliphatic heterocycles. The zero-order chi connectivity index (χ0) is 17.7. The molecule has 0 unspecified atom stereocenters. The number of carbonyl (C=O) groups is 1. The van der Waals surface area contributed by atoms with Crippen LogP contribution >= 0.6 is 11.3 Å². The second-order valence-electron chi connectivity index (χ2n) is 5.34. The van der Waals surface area contributed by atoms with Gasteiger partial charge in [0.25, 0.3) is 5.91 Å². The van der Waals surface area contributed by atoms with Crippen molar-refractivity contribution in [2.75, 3.05) is 11.9 Å². The van der Waals surface area contributed by atoms with Crippen molar-refractivity contribution in [3.8, 4) is 5.88 Å². The molecular weight excluding hydrogens is 345 g/mol. The second kappa shape index (κ2) is 7.56. The van der Waals surface area contributed by atoms with Gasteiger partial charge in [-0.05, 0) is 12.0 Å². The van der Waals surface area contributed by atoms with Crippen LogP contribution in [-0.4, -0.2) is 33.9 Å². The third kappa shape index (κ3) is 5.76. The molecular formula is C14H15F3N4O2S. The van der Waals surface area contributed by atoms with Crippen LogP contribution in [-0.2, 0) is 6.42 Å². The van der Waals surface area contributed by atoms with Gasteiger partial charge in [-0.25, -0.2) is 4.98 Å². The number of aromatic nitrogens is 3. The molecule has 2 heterocycles. The maximum Gasteiger partial charge on any atom is 0.422 e. The molecule has 0 saturated carbocycles. The number of carbonyl (C=O) groups excluding carboxylic acids is 1. The van der Waals surface area contributed by atoms with Gasteiger partial charge in [-0.15, -0.1) is 10.2 Å². The third-order valence-corrected chi connectivity index (χ3v) is 3.51. The predicted octanol–water partition coefficient (Wildman–Crippen LogP) is 3.33. The van der Waals surface area contributed by atoms with Crippen molar-refractivity contribution in [3.05, 3.63) is 28.9 Å². The van der Waals surface area contributed by atoms with Gasteiger partial charge in [0.2, 0.25) is 11.0 Å². The summed E-state index contributed by atoms with van der Waals surface area (Å²) in [6.07, 6.45) is -2.54. The normalized spacial score (nSPS) is 11.6. The van der Waals surface area contributed by atoms with E-state index in [-0.39, 0.29) is 11.4 Å². The largest absolute Gasteiger partial charge is 0.468 e. The first-order chi connectivity index (χ1) is 11.2. The number of alkyl halides is 3. The van der Waals surface area contributed by atoms with Crippen molar-refractivity contribution in [1.29, 1.82) is 0 Å². The summed E-state index contributed by atoms with van der Waals surface area (Å²) in [6, 6.07) is 2.52. The van der Waals surface area contributed by atoms with E-state index >= 15 is 0 Å². The first-order valence-corrected chi connectivity index (χ1v) is 7.84. The van der Waals surface area contributed by atoms with E-state index < -0.39 is 18.7 Å². The summed E-state index contributed by atoms with van der Waals surface area (Å²) in [5.41, 5.74) is 0.176. The van der Waals surface area contributed by atoms with Crippen LogP contribution in [0.2, 0.25) is 0 Å². The molecule has 2 rings (SSSR count). The fourth-order valence-corrected chi connectivity index (χ4v) is 2.61. The van der Waals surface area contributed by atoms with E-state index in [0.717, 1.165) is 17.6 Å². The highest BCUT2D eigenvalue weighted by molar-refractivity contribution is 7.15. The summed E-state index contributed by atoms with van der Waals surface area (Å²) in [4.78, 5) is 15.7. The van der Waals surface area contributed by atoms with E-state index in [2.05, 4.69) is 25.2 Å². The van der Waals surface area contributed by atoms with E-state index in [0.29, 0.717) is 11.0 Å². The molecule has 24 heavy (non-hydrogen) atoms. The highest BCUT2D eigenvalue weighted by Gasteiger charge is 2.28. The van der Waals surface area contributed by atoms with Crippen LogP contribution in [0, 0.1) is 5.92 Å². The lowest BCUT2D eigenvalue weighted by Crippen LogP contribution is -2.19. The third-order valence-electron chi connectivity index (χ3n) is 2.65. The number of nitrogens with one attached hydrogen (secondary N) is 1. The van der Waals surface area contributed by atoms with Gasteiger partial charge in [0, 0.05) is 18.7 Å². The minimum absolute atomic E-state index is 0.176. The lowest BCUT2D eigenvalue weighted by Gasteiger charge is -2.08. The summed E-state index contributed by atoms with van der Waals surface area (Å²) < 4.78 is 40.6. The molecule has 0 saturated heterocycles. The molecule has 1 N–H and O–H groups in total. The molecule has 1 amide bonds. The fourth-order valence-electron chi connectivity index (χ4n) is 1.66. The molecule has 0 aliphatic rings. The van der Waals surface area contributed by atoms with Crippen LogP contribution in [0.3, 0.4) is 0 Å². The maximum absolute atomic E-state index is 12.0. The van der Waals surface area contributed by atoms with Crippen LogP contribution < -0.4 is 10.1 Å². The molecule has 130 valence electrons. The van der Waals surface area contributed by atoms with Crippen molar-refractivity contribution in [2.45, 2.75) is 26.4 Å². The molecule has 2 aromatic heterocycles. The molecule has 0 fully saturated rings. The maximum atomic E-state index is 12.0. The topological polar surface area (TPSA) is 77.0 Å². The monoisotopic (exact) mass is 360 g/mol. The summed E-state index contributed by atoms with van der Waals surface area (Å²) in [7, 11) is 0. The van der Waals surface area contributed by atoms with Crippen molar-refractivity contribution in [2.24, 2.45) is 5.92 Å². The zero-order valence-electron chi connectivity index (χ0n) is 12.9. The van der Waals surface area contributed by atoms with E-state index in [1.807, 2.05) is 13.8 Å². The Morgan fingerprint density at radius 2 is 2.08 bits per heavy atom. The number of hydrogen-bond donors (Lipinski definition) is 1. The number of pyridine rings is 1. The standard InChI is InChI=1S/C14H15F3N4O2S/c1-8(2)5-11-20-21-13(24-11)19-12(22)9-3-4-10(18-6-9)23-7-14(15,16)17/h3-4,6,8H,5,7H2,1-2H3,(H,19,21,22). The molecule has 0 aliphatic carbocycles. The Bertz CT molecular complexity index is 686. The van der Waals surface area contributed by atoms with Crippen LogP contribution in [0.5, 0.6) is 5.88 Å². The van der Waals surface area contributed by atoms with Gasteiger partial charge >= 0.3 is 6.18 Å². The Labute approximate surface area is 140 Å². The Kier molecular flexibility index (Phi) is 5.71. The van der Waals surface area contributed by atoms with Crippen LogP contribution in [0.25, 0.3) is 0 Å². The van der Waals surface area contributed by atoms with Gasteiger partial charge in [-0.3, -0.25) is 10.1 Å². The number of halogens is 3. The molecule has 10 heteroatoms. The first kappa shape index (κ1) is 18.1. The van der Waals surface area contributed by atoms with E-state index in [4.69, 9.17) is 0 Å². The lowest BCUT2D eigenvalue weighted by molar-refractivity contribution is -0.154. The quantitative estimate of drug-likeness (QED) is 0.855. The van der Waals surface area contributed by atoms with E-state index in [1.165, 1.54) is 23.5 Å². The van der Waals surface area contributed by atoms with Gasteiger partial charge in [0.1, 0.15) is 5.01 Å². The zero-order valence-corrected chi connectivity index (χ0v) is 13.7. The average molecular weight is 360 g/mol. The van der Waals surface area contributed by atoms with Crippen LogP contribution in [0.1, 0.15) is 29.2 Å². The van der Waals surface area contributed by atoms with Gasteiger partial charge in [0.05, 0.1) is 5.56 Å². The average Bonchev–Trinajstić information content (AvgIpc) is 2.91. The minimum Gasteiger partial charge on any atom is -0.468 e. The second-order valence-corrected chi connectivity index (χ2v) is 6.40. The predicted molar refractivity (Wildman–Crippen MR) is 82.2 cm³/mol. The summed E-state index contributed by atoms with van der Waals surface area (Å²) in [6.45, 7) is 2.66. The summed E-state index contributed by atoms with van der Waals surface area (Å²) >= 11 is 1.27. The Morgan fingerprint density at radius 1 is 1.33 bits per heavy atom. The molecule has 2 aromatic rings. The van der Waals surface area contributed by atoms with E-state index in [1.54, 1.807) is 0 Å². The number of ether oxygens (including phenoxy) is 1. The Balaban J connectivity index is 1.93. The Morgan fingerprint density at radius 3 is 2.67 bits per heavy atom. The molecule has 0 aromatic carbocycles. The molecule has 0 spiro atoms. The SMILES string of the molecule is CC(C)Cc1nnc(NC(=O)c2ccc(OCC(F)(F)F)nc2)s1. The van der Waals surface area contributed by atoms with Crippen molar-refractivity contribution >= 4 is 22.4 Å². The van der Waals surface area contributed by atoms with Gasteiger partial charge < -0.3 is 4.74 Å². The van der Waals surface area contributed by atoms with Crippen molar-refractivity contribution in [3.63, 3.8) is 0 Å². The number of anilines is 1. The summed E-state index contributed by atoms with van der Waals surface area (Å²) in [5, 5.41) is 11.6. The number of hydrogen-bond acceptors (Lipinski definition) is 6. The molecule has 6 nitrogen and oxygen atoms in total. The highest BCUT2D eigenvalue weighted by atomic mass is 32.1. The van der Waals surface area contributed by atoms with Crippen LogP contribution in [0.15, 0.2) is 18.3 Å². The number of amides is 1. The fraction of sp³-hybridized carbons (Fsp3) is 0.429. The highest BCUT2D eigenvalue weighted by Crippen LogP contribution is 2.20. The van der Waals surface area contributed by atoms with Gasteiger partial charge in [-0.1, -0.05) is 25.2 Å². The van der Waals surface area contributed by atoms with E-state index in [9.17, 15) is 18.0 Å². The first-order valence-electron chi connectivity index (χ1n) is 7.02. The number of nitrogens with zero attached hydrogens (tertiary/aromatic N) is 3. The summed E-state index contributed by atoms with van der Waals surface area (Å²) in [5.74, 6) is -0.258. The smallest absolute Gasteiger partial charge is 0.422 e. The molecule has 0 bridgehead atoms. The minimum atomic E-state index is -4.44. The van der Waals surface area contributed by atoms with Crippen LogP contribution in [0.4, 0.5) is 18.3 Å². The van der Waals surface area contributed by atoms with Gasteiger partial charge in [-0.2, -0.15) is 13.2 Å². The van der Waals surface area contributed by atoms with Crippen molar-refractivity contribution in [1.82, 2.24) is 15.2 Å². The molecule has 0 atom stereocenters. The lowest BCUT2D eigenvalue weighted by atomic mass is 10.1. The van der Waals surface area contributed by atoms with Crippen molar-refractivity contribution < 1.29 is 22.7 Å². The number of rotatable bonds is 6. The van der Waals surface area contributed by atoms with Gasteiger partial charge in [0.15, 0.2) is 6.61 Å². The Hall–Kier alpha value is -2.23.